The van der Waals surface area contributed by atoms with Gasteiger partial charge in [0.2, 0.25) is 0 Å². The van der Waals surface area contributed by atoms with Gasteiger partial charge in [0, 0.05) is 27.6 Å². The normalized spacial score (nSPS) is 12.7. The topological polar surface area (TPSA) is 43.8 Å². The molecule has 0 spiro atoms. The van der Waals surface area contributed by atoms with Gasteiger partial charge in [-0.3, -0.25) is 4.68 Å². The molecule has 114 valence electrons. The zero-order chi connectivity index (χ0) is 15.6. The summed E-state index contributed by atoms with van der Waals surface area (Å²) in [5.74, 6) is 0. The number of nitrogens with zero attached hydrogens (tertiary/aromatic N) is 2. The number of rotatable bonds is 5. The largest absolute Gasteiger partial charge is 0.324 e. The van der Waals surface area contributed by atoms with Crippen LogP contribution < -0.4 is 5.73 Å². The van der Waals surface area contributed by atoms with Crippen LogP contribution in [0.2, 0.25) is 5.02 Å². The molecule has 0 aliphatic heterocycles. The highest BCUT2D eigenvalue weighted by atomic mass is 127. The summed E-state index contributed by atoms with van der Waals surface area (Å²) in [6.07, 6.45) is 1.64. The van der Waals surface area contributed by atoms with Crippen LogP contribution in [0.15, 0.2) is 22.7 Å². The average Bonchev–Trinajstić information content (AvgIpc) is 2.77. The lowest BCUT2D eigenvalue weighted by Gasteiger charge is -2.15. The van der Waals surface area contributed by atoms with E-state index in [9.17, 15) is 0 Å². The average molecular weight is 483 g/mol. The predicted molar refractivity (Wildman–Crippen MR) is 99.8 cm³/mol. The fraction of sp³-hybridized carbons (Fsp3) is 0.400. The lowest BCUT2D eigenvalue weighted by atomic mass is 10.0. The van der Waals surface area contributed by atoms with E-state index in [0.717, 1.165) is 49.4 Å². The molecule has 0 fully saturated rings. The molecule has 1 heterocycles. The minimum atomic E-state index is -0.0985. The van der Waals surface area contributed by atoms with E-state index in [-0.39, 0.29) is 6.04 Å². The SMILES string of the molecule is CCc1nn(CC)c(CC(N)c2cc(Cl)ccc2I)c1Br. The Balaban J connectivity index is 2.33. The Hall–Kier alpha value is -0.110. The molecule has 0 aliphatic rings. The standard InChI is InChI=1S/C15H18BrClIN3/c1-3-13-15(16)14(21(4-2)20-13)8-12(19)10-7-9(17)5-6-11(10)18/h5-7,12H,3-4,8,19H2,1-2H3. The first kappa shape index (κ1) is 17.2. The van der Waals surface area contributed by atoms with Crippen molar-refractivity contribution in [1.82, 2.24) is 9.78 Å². The Bertz CT molecular complexity index is 642. The lowest BCUT2D eigenvalue weighted by Crippen LogP contribution is -2.17. The molecule has 2 aromatic rings. The summed E-state index contributed by atoms with van der Waals surface area (Å²) in [5.41, 5.74) is 9.73. The van der Waals surface area contributed by atoms with Crippen molar-refractivity contribution in [3.8, 4) is 0 Å². The highest BCUT2D eigenvalue weighted by molar-refractivity contribution is 14.1. The highest BCUT2D eigenvalue weighted by Crippen LogP contribution is 2.29. The van der Waals surface area contributed by atoms with Gasteiger partial charge in [-0.15, -0.1) is 0 Å². The molecule has 21 heavy (non-hydrogen) atoms. The van der Waals surface area contributed by atoms with Crippen LogP contribution >= 0.6 is 50.1 Å². The first-order valence-electron chi connectivity index (χ1n) is 6.92. The van der Waals surface area contributed by atoms with Crippen LogP contribution in [-0.2, 0) is 19.4 Å². The zero-order valence-electron chi connectivity index (χ0n) is 12.0. The third-order valence-electron chi connectivity index (χ3n) is 3.46. The van der Waals surface area contributed by atoms with Crippen LogP contribution in [-0.4, -0.2) is 9.78 Å². The highest BCUT2D eigenvalue weighted by Gasteiger charge is 2.19. The summed E-state index contributed by atoms with van der Waals surface area (Å²) < 4.78 is 4.25. The van der Waals surface area contributed by atoms with Crippen molar-refractivity contribution in [2.45, 2.75) is 39.3 Å². The molecule has 0 saturated carbocycles. The Morgan fingerprint density at radius 2 is 2.14 bits per heavy atom. The fourth-order valence-electron chi connectivity index (χ4n) is 2.33. The van der Waals surface area contributed by atoms with Gasteiger partial charge in [-0.25, -0.2) is 0 Å². The van der Waals surface area contributed by atoms with Crippen LogP contribution in [0.25, 0.3) is 0 Å². The van der Waals surface area contributed by atoms with E-state index in [0.29, 0.717) is 0 Å². The number of aryl methyl sites for hydroxylation is 2. The molecular weight excluding hydrogens is 464 g/mol. The van der Waals surface area contributed by atoms with E-state index < -0.39 is 0 Å². The summed E-state index contributed by atoms with van der Waals surface area (Å²) in [6, 6.07) is 5.75. The predicted octanol–water partition coefficient (Wildman–Crippen LogP) is 4.73. The minimum absolute atomic E-state index is 0.0985. The summed E-state index contributed by atoms with van der Waals surface area (Å²) in [5, 5.41) is 5.34. The van der Waals surface area contributed by atoms with Gasteiger partial charge in [0.05, 0.1) is 15.9 Å². The van der Waals surface area contributed by atoms with Crippen molar-refractivity contribution in [3.63, 3.8) is 0 Å². The second-order valence-corrected chi connectivity index (χ2v) is 7.24. The van der Waals surface area contributed by atoms with Gasteiger partial charge in [0.15, 0.2) is 0 Å². The van der Waals surface area contributed by atoms with E-state index >= 15 is 0 Å². The molecule has 1 aromatic heterocycles. The second kappa shape index (κ2) is 7.44. The molecule has 3 nitrogen and oxygen atoms in total. The first-order chi connectivity index (χ1) is 9.97. The number of nitrogens with two attached hydrogens (primary N) is 1. The molecule has 0 amide bonds. The fourth-order valence-corrected chi connectivity index (χ4v) is 3.97. The van der Waals surface area contributed by atoms with Gasteiger partial charge >= 0.3 is 0 Å². The van der Waals surface area contributed by atoms with Crippen LogP contribution in [0, 0.1) is 3.57 Å². The van der Waals surface area contributed by atoms with Crippen molar-refractivity contribution in [2.75, 3.05) is 0 Å². The number of benzene rings is 1. The van der Waals surface area contributed by atoms with Crippen LogP contribution in [0.5, 0.6) is 0 Å². The smallest absolute Gasteiger partial charge is 0.0766 e. The van der Waals surface area contributed by atoms with Gasteiger partial charge in [0.25, 0.3) is 0 Å². The van der Waals surface area contributed by atoms with Gasteiger partial charge in [-0.05, 0) is 75.6 Å². The maximum Gasteiger partial charge on any atom is 0.0766 e. The molecule has 2 N–H and O–H groups in total. The first-order valence-corrected chi connectivity index (χ1v) is 9.17. The zero-order valence-corrected chi connectivity index (χ0v) is 16.5. The van der Waals surface area contributed by atoms with Crippen molar-refractivity contribution in [2.24, 2.45) is 5.73 Å². The summed E-state index contributed by atoms with van der Waals surface area (Å²) >= 11 is 12.1. The number of hydrogen-bond acceptors (Lipinski definition) is 2. The lowest BCUT2D eigenvalue weighted by molar-refractivity contribution is 0.584. The van der Waals surface area contributed by atoms with Gasteiger partial charge in [-0.1, -0.05) is 18.5 Å². The molecule has 2 rings (SSSR count). The van der Waals surface area contributed by atoms with Gasteiger partial charge in [-0.2, -0.15) is 5.10 Å². The van der Waals surface area contributed by atoms with Crippen molar-refractivity contribution >= 4 is 50.1 Å². The molecule has 0 radical (unpaired) electrons. The summed E-state index contributed by atoms with van der Waals surface area (Å²) in [6.45, 7) is 5.04. The Morgan fingerprint density at radius 1 is 1.43 bits per heavy atom. The quantitative estimate of drug-likeness (QED) is 0.627. The van der Waals surface area contributed by atoms with E-state index in [2.05, 4.69) is 57.5 Å². The van der Waals surface area contributed by atoms with E-state index in [1.165, 1.54) is 0 Å². The molecule has 1 atom stereocenters. The van der Waals surface area contributed by atoms with Crippen molar-refractivity contribution < 1.29 is 0 Å². The summed E-state index contributed by atoms with van der Waals surface area (Å²) in [7, 11) is 0. The van der Waals surface area contributed by atoms with Crippen molar-refractivity contribution in [1.29, 1.82) is 0 Å². The van der Waals surface area contributed by atoms with Gasteiger partial charge in [0.1, 0.15) is 0 Å². The third-order valence-corrected chi connectivity index (χ3v) is 5.60. The van der Waals surface area contributed by atoms with E-state index in [1.54, 1.807) is 0 Å². The van der Waals surface area contributed by atoms with Crippen LogP contribution in [0.1, 0.15) is 36.8 Å². The molecule has 0 saturated heterocycles. The molecule has 6 heteroatoms. The summed E-state index contributed by atoms with van der Waals surface area (Å²) in [4.78, 5) is 0. The van der Waals surface area contributed by atoms with E-state index in [4.69, 9.17) is 17.3 Å². The second-order valence-electron chi connectivity index (χ2n) is 4.85. The maximum absolute atomic E-state index is 6.41. The molecule has 0 bridgehead atoms. The Labute approximate surface area is 152 Å². The van der Waals surface area contributed by atoms with Crippen LogP contribution in [0.4, 0.5) is 0 Å². The molecule has 1 unspecified atom stereocenters. The third kappa shape index (κ3) is 3.81. The molecule has 1 aromatic carbocycles. The Morgan fingerprint density at radius 3 is 2.76 bits per heavy atom. The maximum atomic E-state index is 6.41. The number of halogens is 3. The van der Waals surface area contributed by atoms with Crippen LogP contribution in [0.3, 0.4) is 0 Å². The van der Waals surface area contributed by atoms with E-state index in [1.807, 2.05) is 22.9 Å². The van der Waals surface area contributed by atoms with Gasteiger partial charge < -0.3 is 5.73 Å². The van der Waals surface area contributed by atoms with Crippen molar-refractivity contribution in [3.05, 3.63) is 48.2 Å². The number of aromatic nitrogens is 2. The minimum Gasteiger partial charge on any atom is -0.324 e. The molecule has 0 aliphatic carbocycles. The molecular formula is C15H18BrClIN3. The Kier molecular flexibility index (Phi) is 6.11. The number of hydrogen-bond donors (Lipinski definition) is 1. The monoisotopic (exact) mass is 481 g/mol.